The van der Waals surface area contributed by atoms with Crippen LogP contribution in [0.3, 0.4) is 0 Å². The van der Waals surface area contributed by atoms with Gasteiger partial charge in [0, 0.05) is 0 Å². The minimum Gasteiger partial charge on any atom is -0.510 e. The fourth-order valence-electron chi connectivity index (χ4n) is 0.802. The van der Waals surface area contributed by atoms with Gasteiger partial charge in [-0.05, 0) is 12.1 Å². The van der Waals surface area contributed by atoms with Gasteiger partial charge in [0.05, 0.1) is 5.56 Å². The lowest BCUT2D eigenvalue weighted by atomic mass is 10.2. The average Bonchev–Trinajstić information content (AvgIpc) is 2.08. The van der Waals surface area contributed by atoms with Crippen LogP contribution < -0.4 is 4.65 Å². The van der Waals surface area contributed by atoms with Crippen molar-refractivity contribution in [1.29, 1.82) is 5.26 Å². The van der Waals surface area contributed by atoms with Gasteiger partial charge < -0.3 is 14.7 Å². The van der Waals surface area contributed by atoms with Gasteiger partial charge in [-0.3, -0.25) is 0 Å². The summed E-state index contributed by atoms with van der Waals surface area (Å²) in [6.07, 6.45) is 0. The number of halogens is 1. The van der Waals surface area contributed by atoms with Gasteiger partial charge in [0.25, 0.3) is 0 Å². The largest absolute Gasteiger partial charge is 0.707 e. The molecule has 0 aliphatic heterocycles. The molecule has 0 aliphatic rings. The van der Waals surface area contributed by atoms with Crippen LogP contribution in [0.2, 0.25) is 0 Å². The zero-order valence-electron chi connectivity index (χ0n) is 6.44. The molecule has 0 saturated heterocycles. The highest BCUT2D eigenvalue weighted by Crippen LogP contribution is 2.19. The van der Waals surface area contributed by atoms with Crippen LogP contribution in [0, 0.1) is 17.1 Å². The third kappa shape index (κ3) is 2.18. The summed E-state index contributed by atoms with van der Waals surface area (Å²) < 4.78 is 17.3. The summed E-state index contributed by atoms with van der Waals surface area (Å²) in [6.45, 7) is 0. The molecule has 0 saturated carbocycles. The molecule has 4 nitrogen and oxygen atoms in total. The van der Waals surface area contributed by atoms with Crippen molar-refractivity contribution >= 4 is 7.32 Å². The zero-order chi connectivity index (χ0) is 9.84. The Morgan fingerprint density at radius 3 is 2.69 bits per heavy atom. The average molecular weight is 181 g/mol. The predicted octanol–water partition coefficient (Wildman–Crippen LogP) is 0.0457. The summed E-state index contributed by atoms with van der Waals surface area (Å²) in [6, 6.07) is 5.41. The minimum atomic E-state index is -2.09. The molecule has 0 heterocycles. The van der Waals surface area contributed by atoms with Crippen LogP contribution in [0.15, 0.2) is 18.2 Å². The molecule has 1 aromatic rings. The predicted molar refractivity (Wildman–Crippen MR) is 41.9 cm³/mol. The lowest BCUT2D eigenvalue weighted by molar-refractivity contribution is 0.281. The van der Waals surface area contributed by atoms with Gasteiger partial charge in [-0.25, -0.2) is 4.39 Å². The molecule has 0 amide bonds. The molecule has 1 rings (SSSR count). The normalized spacial score (nSPS) is 9.08. The zero-order valence-corrected chi connectivity index (χ0v) is 6.44. The van der Waals surface area contributed by atoms with E-state index in [4.69, 9.17) is 15.3 Å². The smallest absolute Gasteiger partial charge is 0.510 e. The van der Waals surface area contributed by atoms with E-state index >= 15 is 0 Å². The molecule has 0 aliphatic carbocycles. The topological polar surface area (TPSA) is 73.5 Å². The van der Waals surface area contributed by atoms with Crippen molar-refractivity contribution in [2.24, 2.45) is 0 Å². The second-order valence-electron chi connectivity index (χ2n) is 2.17. The van der Waals surface area contributed by atoms with E-state index in [2.05, 4.69) is 4.65 Å². The summed E-state index contributed by atoms with van der Waals surface area (Å²) in [5.74, 6) is -1.27. The van der Waals surface area contributed by atoms with E-state index in [0.717, 1.165) is 0 Å². The number of nitrogens with zero attached hydrogens (tertiary/aromatic N) is 1. The number of hydrogen-bond acceptors (Lipinski definition) is 4. The van der Waals surface area contributed by atoms with Crippen LogP contribution >= 0.6 is 0 Å². The Morgan fingerprint density at radius 1 is 1.46 bits per heavy atom. The van der Waals surface area contributed by atoms with Crippen molar-refractivity contribution in [2.45, 2.75) is 0 Å². The Labute approximate surface area is 74.0 Å². The first-order valence-corrected chi connectivity index (χ1v) is 3.36. The molecule has 0 bridgehead atoms. The lowest BCUT2D eigenvalue weighted by Crippen LogP contribution is -2.21. The molecular weight excluding hydrogens is 176 g/mol. The van der Waals surface area contributed by atoms with Crippen molar-refractivity contribution in [3.8, 4) is 11.8 Å². The van der Waals surface area contributed by atoms with Crippen LogP contribution in [-0.4, -0.2) is 17.4 Å². The van der Waals surface area contributed by atoms with Gasteiger partial charge in [0.15, 0.2) is 5.82 Å². The van der Waals surface area contributed by atoms with Crippen LogP contribution in [0.1, 0.15) is 5.56 Å². The van der Waals surface area contributed by atoms with Crippen molar-refractivity contribution in [1.82, 2.24) is 0 Å². The van der Waals surface area contributed by atoms with E-state index in [0.29, 0.717) is 0 Å². The molecule has 0 fully saturated rings. The van der Waals surface area contributed by atoms with Crippen LogP contribution in [0.5, 0.6) is 5.75 Å². The first-order valence-electron chi connectivity index (χ1n) is 3.36. The summed E-state index contributed by atoms with van der Waals surface area (Å²) in [5.41, 5.74) is -0.210. The molecule has 66 valence electrons. The van der Waals surface area contributed by atoms with Crippen molar-refractivity contribution in [3.63, 3.8) is 0 Å². The molecule has 0 aromatic heterocycles. The Morgan fingerprint density at radius 2 is 2.15 bits per heavy atom. The molecule has 0 atom stereocenters. The van der Waals surface area contributed by atoms with Gasteiger partial charge >= 0.3 is 7.32 Å². The minimum absolute atomic E-state index is 0.210. The number of hydrogen-bond donors (Lipinski definition) is 2. The molecule has 6 heteroatoms. The highest BCUT2D eigenvalue weighted by atomic mass is 19.1. The number of benzene rings is 1. The van der Waals surface area contributed by atoms with Crippen molar-refractivity contribution < 1.29 is 19.1 Å². The Hall–Kier alpha value is -1.58. The van der Waals surface area contributed by atoms with E-state index in [9.17, 15) is 4.39 Å². The maximum atomic E-state index is 13.1. The van der Waals surface area contributed by atoms with Crippen LogP contribution in [0.4, 0.5) is 4.39 Å². The van der Waals surface area contributed by atoms with Gasteiger partial charge in [-0.2, -0.15) is 5.26 Å². The first kappa shape index (κ1) is 9.51. The van der Waals surface area contributed by atoms with Crippen LogP contribution in [-0.2, 0) is 0 Å². The summed E-state index contributed by atoms with van der Waals surface area (Å²) in [5, 5.41) is 25.2. The number of rotatable bonds is 2. The molecular formula is C7H5BFNO3. The van der Waals surface area contributed by atoms with E-state index in [-0.39, 0.29) is 11.3 Å². The monoisotopic (exact) mass is 181 g/mol. The summed E-state index contributed by atoms with van der Waals surface area (Å²) >= 11 is 0. The Balaban J connectivity index is 3.03. The fraction of sp³-hybridized carbons (Fsp3) is 0. The quantitative estimate of drug-likeness (QED) is 0.631. The first-order chi connectivity index (χ1) is 6.15. The molecule has 0 unspecified atom stereocenters. The van der Waals surface area contributed by atoms with Crippen molar-refractivity contribution in [3.05, 3.63) is 29.6 Å². The highest BCUT2D eigenvalue weighted by molar-refractivity contribution is 6.33. The summed E-state index contributed by atoms with van der Waals surface area (Å²) in [4.78, 5) is 0. The Bertz CT molecular complexity index is 350. The Kier molecular flexibility index (Phi) is 2.85. The van der Waals surface area contributed by atoms with E-state index < -0.39 is 13.1 Å². The maximum Gasteiger partial charge on any atom is 0.707 e. The van der Waals surface area contributed by atoms with E-state index in [1.165, 1.54) is 18.2 Å². The maximum absolute atomic E-state index is 13.1. The third-order valence-electron chi connectivity index (χ3n) is 1.32. The van der Waals surface area contributed by atoms with Gasteiger partial charge in [-0.1, -0.05) is 6.07 Å². The second-order valence-corrected chi connectivity index (χ2v) is 2.17. The molecule has 1 aromatic carbocycles. The van der Waals surface area contributed by atoms with Gasteiger partial charge in [-0.15, -0.1) is 0 Å². The molecule has 0 radical (unpaired) electrons. The van der Waals surface area contributed by atoms with E-state index in [1.54, 1.807) is 6.07 Å². The second kappa shape index (κ2) is 3.89. The van der Waals surface area contributed by atoms with E-state index in [1.807, 2.05) is 0 Å². The molecule has 0 spiro atoms. The van der Waals surface area contributed by atoms with Crippen LogP contribution in [0.25, 0.3) is 0 Å². The van der Waals surface area contributed by atoms with Crippen molar-refractivity contribution in [2.75, 3.05) is 0 Å². The lowest BCUT2D eigenvalue weighted by Gasteiger charge is -2.05. The molecule has 2 N–H and O–H groups in total. The fourth-order valence-corrected chi connectivity index (χ4v) is 0.802. The number of nitriles is 1. The molecule has 13 heavy (non-hydrogen) atoms. The highest BCUT2D eigenvalue weighted by Gasteiger charge is 2.16. The van der Waals surface area contributed by atoms with Gasteiger partial charge in [0.1, 0.15) is 11.8 Å². The third-order valence-corrected chi connectivity index (χ3v) is 1.32. The van der Waals surface area contributed by atoms with Gasteiger partial charge in [0.2, 0.25) is 0 Å². The standard InChI is InChI=1S/C7H5BFNO3/c9-7-5(4-10)2-1-3-6(7)13-8(11)12/h1-3,11-12H. The summed E-state index contributed by atoms with van der Waals surface area (Å²) in [7, 11) is -2.09. The SMILES string of the molecule is N#Cc1cccc(OB(O)O)c1F.